The van der Waals surface area contributed by atoms with E-state index in [9.17, 15) is 0 Å². The summed E-state index contributed by atoms with van der Waals surface area (Å²) in [6.45, 7) is 11.6. The average Bonchev–Trinajstić information content (AvgIpc) is 2.39. The molecule has 0 amide bonds. The van der Waals surface area contributed by atoms with Crippen LogP contribution < -0.4 is 4.74 Å². The molecular weight excluding hydrogens is 284 g/mol. The summed E-state index contributed by atoms with van der Waals surface area (Å²) in [7, 11) is 0. The number of rotatable bonds is 5. The van der Waals surface area contributed by atoms with Gasteiger partial charge in [-0.05, 0) is 30.4 Å². The number of hydrogen-bond acceptors (Lipinski definition) is 2. The van der Waals surface area contributed by atoms with Crippen LogP contribution in [0, 0.1) is 6.92 Å². The van der Waals surface area contributed by atoms with Gasteiger partial charge >= 0.3 is 0 Å². The molecule has 0 spiro atoms. The van der Waals surface area contributed by atoms with Crippen LogP contribution in [-0.2, 0) is 10.2 Å². The summed E-state index contributed by atoms with van der Waals surface area (Å²) in [5, 5.41) is 0.0742. The Kier molecular flexibility index (Phi) is 5.21. The van der Waals surface area contributed by atoms with E-state index in [1.54, 1.807) is 0 Å². The van der Waals surface area contributed by atoms with Crippen LogP contribution in [0.5, 0.6) is 5.75 Å². The van der Waals surface area contributed by atoms with Crippen LogP contribution in [0.4, 0.5) is 0 Å². The Balaban J connectivity index is 2.13. The third kappa shape index (κ3) is 3.92. The average molecular weight is 311 g/mol. The number of aryl methyl sites for hydroxylation is 1. The lowest BCUT2D eigenvalue weighted by atomic mass is 9.85. The van der Waals surface area contributed by atoms with Gasteiger partial charge in [0.2, 0.25) is 0 Å². The molecule has 1 aromatic rings. The maximum Gasteiger partial charge on any atom is 0.128 e. The Labute approximate surface area is 133 Å². The van der Waals surface area contributed by atoms with Gasteiger partial charge in [0.25, 0.3) is 0 Å². The molecule has 2 nitrogen and oxygen atoms in total. The molecule has 1 saturated carbocycles. The van der Waals surface area contributed by atoms with Gasteiger partial charge in [-0.25, -0.2) is 0 Å². The second kappa shape index (κ2) is 6.58. The lowest BCUT2D eigenvalue weighted by Gasteiger charge is -2.41. The second-order valence-corrected chi connectivity index (χ2v) is 7.55. The van der Waals surface area contributed by atoms with Gasteiger partial charge in [-0.3, -0.25) is 0 Å². The van der Waals surface area contributed by atoms with Gasteiger partial charge in [0, 0.05) is 13.0 Å². The first kappa shape index (κ1) is 16.6. The predicted octanol–water partition coefficient (Wildman–Crippen LogP) is 4.85. The molecule has 0 aromatic heterocycles. The number of hydrogen-bond donors (Lipinski definition) is 0. The third-order valence-corrected chi connectivity index (χ3v) is 4.34. The smallest absolute Gasteiger partial charge is 0.128 e. The Hall–Kier alpha value is -0.730. The summed E-state index contributed by atoms with van der Waals surface area (Å²) in [6.07, 6.45) is 1.95. The Bertz CT molecular complexity index is 479. The van der Waals surface area contributed by atoms with Gasteiger partial charge in [-0.2, -0.15) is 0 Å². The quantitative estimate of drug-likeness (QED) is 0.724. The van der Waals surface area contributed by atoms with Gasteiger partial charge in [-0.1, -0.05) is 45.4 Å². The predicted molar refractivity (Wildman–Crippen MR) is 88.6 cm³/mol. The molecule has 3 atom stereocenters. The van der Waals surface area contributed by atoms with Crippen LogP contribution in [0.2, 0.25) is 0 Å². The van der Waals surface area contributed by atoms with Gasteiger partial charge in [0.1, 0.15) is 18.0 Å². The molecule has 0 aliphatic heterocycles. The summed E-state index contributed by atoms with van der Waals surface area (Å²) in [5.41, 5.74) is 2.57. The number of alkyl halides is 1. The summed E-state index contributed by atoms with van der Waals surface area (Å²) in [5.74, 6) is 0.965. The molecule has 3 unspecified atom stereocenters. The number of ether oxygens (including phenoxy) is 2. The maximum atomic E-state index is 6.26. The Morgan fingerprint density at radius 1 is 1.29 bits per heavy atom. The fourth-order valence-corrected chi connectivity index (χ4v) is 3.01. The van der Waals surface area contributed by atoms with Crippen LogP contribution in [-0.4, -0.2) is 24.2 Å². The molecular formula is C18H27ClO2. The monoisotopic (exact) mass is 310 g/mol. The molecule has 3 heteroatoms. The van der Waals surface area contributed by atoms with Crippen molar-refractivity contribution in [1.82, 2.24) is 0 Å². The highest BCUT2D eigenvalue weighted by Gasteiger charge is 2.43. The van der Waals surface area contributed by atoms with E-state index in [0.29, 0.717) is 0 Å². The minimum Gasteiger partial charge on any atom is -0.487 e. The highest BCUT2D eigenvalue weighted by atomic mass is 35.5. The number of halogens is 1. The van der Waals surface area contributed by atoms with E-state index in [1.165, 1.54) is 11.1 Å². The molecule has 0 N–H and O–H groups in total. The molecule has 2 rings (SSSR count). The van der Waals surface area contributed by atoms with Gasteiger partial charge in [0.05, 0.1) is 5.38 Å². The summed E-state index contributed by atoms with van der Waals surface area (Å²) in [4.78, 5) is 0. The molecule has 0 radical (unpaired) electrons. The zero-order valence-electron chi connectivity index (χ0n) is 13.8. The molecule has 118 valence electrons. The Morgan fingerprint density at radius 2 is 2.00 bits per heavy atom. The summed E-state index contributed by atoms with van der Waals surface area (Å²) in [6, 6.07) is 6.39. The van der Waals surface area contributed by atoms with Crippen molar-refractivity contribution in [3.63, 3.8) is 0 Å². The maximum absolute atomic E-state index is 6.26. The first-order valence-corrected chi connectivity index (χ1v) is 8.30. The van der Waals surface area contributed by atoms with Crippen molar-refractivity contribution >= 4 is 11.6 Å². The molecule has 1 aliphatic rings. The van der Waals surface area contributed by atoms with E-state index in [2.05, 4.69) is 52.8 Å². The molecule has 1 aromatic carbocycles. The largest absolute Gasteiger partial charge is 0.487 e. The molecule has 1 fully saturated rings. The van der Waals surface area contributed by atoms with E-state index >= 15 is 0 Å². The highest BCUT2D eigenvalue weighted by molar-refractivity contribution is 6.21. The normalized spacial score (nSPS) is 25.5. The first-order chi connectivity index (χ1) is 9.82. The van der Waals surface area contributed by atoms with Crippen LogP contribution in [0.15, 0.2) is 18.2 Å². The van der Waals surface area contributed by atoms with E-state index in [4.69, 9.17) is 21.1 Å². The first-order valence-electron chi connectivity index (χ1n) is 7.86. The van der Waals surface area contributed by atoms with Crippen molar-refractivity contribution in [3.05, 3.63) is 29.3 Å². The summed E-state index contributed by atoms with van der Waals surface area (Å²) < 4.78 is 12.1. The highest BCUT2D eigenvalue weighted by Crippen LogP contribution is 2.37. The minimum absolute atomic E-state index is 0.0146. The van der Waals surface area contributed by atoms with Crippen molar-refractivity contribution in [2.75, 3.05) is 6.61 Å². The van der Waals surface area contributed by atoms with Crippen LogP contribution in [0.1, 0.15) is 51.7 Å². The molecule has 21 heavy (non-hydrogen) atoms. The Morgan fingerprint density at radius 3 is 2.57 bits per heavy atom. The van der Waals surface area contributed by atoms with Gasteiger partial charge in [0.15, 0.2) is 0 Å². The second-order valence-electron chi connectivity index (χ2n) is 6.99. The van der Waals surface area contributed by atoms with Crippen molar-refractivity contribution in [2.45, 2.75) is 70.5 Å². The molecule has 0 heterocycles. The molecule has 0 bridgehead atoms. The van der Waals surface area contributed by atoms with Gasteiger partial charge < -0.3 is 9.47 Å². The van der Waals surface area contributed by atoms with Crippen molar-refractivity contribution in [1.29, 1.82) is 0 Å². The van der Waals surface area contributed by atoms with Crippen LogP contribution in [0.25, 0.3) is 0 Å². The van der Waals surface area contributed by atoms with Crippen molar-refractivity contribution in [3.8, 4) is 5.75 Å². The standard InChI is InChI=1S/C18H27ClO2/c1-6-9-20-17-14(19)11-16(17)21-15-8-7-12(2)10-13(15)18(3,4)5/h7-8,10,14,16-17H,6,9,11H2,1-5H3. The lowest BCUT2D eigenvalue weighted by Crippen LogP contribution is -2.53. The molecule has 0 saturated heterocycles. The van der Waals surface area contributed by atoms with Crippen molar-refractivity contribution in [2.24, 2.45) is 0 Å². The number of benzene rings is 1. The van der Waals surface area contributed by atoms with Crippen molar-refractivity contribution < 1.29 is 9.47 Å². The van der Waals surface area contributed by atoms with E-state index in [1.807, 2.05) is 0 Å². The summed E-state index contributed by atoms with van der Waals surface area (Å²) >= 11 is 6.26. The van der Waals surface area contributed by atoms with E-state index in [-0.39, 0.29) is 23.0 Å². The topological polar surface area (TPSA) is 18.5 Å². The zero-order valence-corrected chi connectivity index (χ0v) is 14.5. The third-order valence-electron chi connectivity index (χ3n) is 3.92. The van der Waals surface area contributed by atoms with Gasteiger partial charge in [-0.15, -0.1) is 11.6 Å². The fraction of sp³-hybridized carbons (Fsp3) is 0.667. The zero-order chi connectivity index (χ0) is 15.6. The lowest BCUT2D eigenvalue weighted by molar-refractivity contribution is -0.0802. The SMILES string of the molecule is CCCOC1C(Cl)CC1Oc1ccc(C)cc1C(C)(C)C. The van der Waals surface area contributed by atoms with Crippen LogP contribution >= 0.6 is 11.6 Å². The molecule has 1 aliphatic carbocycles. The minimum atomic E-state index is 0.0146. The van der Waals surface area contributed by atoms with Crippen LogP contribution in [0.3, 0.4) is 0 Å². The fourth-order valence-electron chi connectivity index (χ4n) is 2.60. The van der Waals surface area contributed by atoms with E-state index in [0.717, 1.165) is 25.2 Å². The van der Waals surface area contributed by atoms with E-state index < -0.39 is 0 Å².